The van der Waals surface area contributed by atoms with Crippen molar-refractivity contribution in [1.29, 1.82) is 0 Å². The summed E-state index contributed by atoms with van der Waals surface area (Å²) in [5, 5.41) is 10.2. The lowest BCUT2D eigenvalue weighted by molar-refractivity contribution is -0.148. The Balaban J connectivity index is 1.72. The number of hydrogen-bond acceptors (Lipinski definition) is 3. The van der Waals surface area contributed by atoms with E-state index in [2.05, 4.69) is 0 Å². The fraction of sp³-hybridized carbons (Fsp3) is 0.529. The zero-order chi connectivity index (χ0) is 17.3. The second-order valence-corrected chi connectivity index (χ2v) is 7.23. The summed E-state index contributed by atoms with van der Waals surface area (Å²) in [5.41, 5.74) is 0.938. The molecular formula is C17H19Cl2NO4. The molecule has 0 radical (unpaired) electrons. The van der Waals surface area contributed by atoms with Gasteiger partial charge in [-0.25, -0.2) is 0 Å². The van der Waals surface area contributed by atoms with Gasteiger partial charge >= 0.3 is 5.97 Å². The summed E-state index contributed by atoms with van der Waals surface area (Å²) in [4.78, 5) is 25.5. The molecule has 1 aliphatic carbocycles. The summed E-state index contributed by atoms with van der Waals surface area (Å²) in [6.45, 7) is 0.862. The predicted molar refractivity (Wildman–Crippen MR) is 90.5 cm³/mol. The standard InChI is InChI=1S/C17H19Cl2NO4/c18-11-5-10(6-12(19)7-11)14-8-15(14)17(23)20(9-16(21)22)13-1-3-24-4-2-13/h5-7,13-15H,1-4,8-9H2,(H,21,22). The van der Waals surface area contributed by atoms with Crippen molar-refractivity contribution in [3.05, 3.63) is 33.8 Å². The minimum absolute atomic E-state index is 0.0600. The van der Waals surface area contributed by atoms with E-state index in [0.29, 0.717) is 42.5 Å². The SMILES string of the molecule is O=C(O)CN(C(=O)C1CC1c1cc(Cl)cc(Cl)c1)C1CCOCC1. The van der Waals surface area contributed by atoms with Crippen LogP contribution in [0.3, 0.4) is 0 Å². The number of rotatable bonds is 5. The summed E-state index contributed by atoms with van der Waals surface area (Å²) in [6.07, 6.45) is 2.06. The lowest BCUT2D eigenvalue weighted by atomic mass is 10.0. The Morgan fingerprint density at radius 2 is 1.79 bits per heavy atom. The van der Waals surface area contributed by atoms with Gasteiger partial charge in [0, 0.05) is 35.2 Å². The predicted octanol–water partition coefficient (Wildman–Crippen LogP) is 3.19. The molecule has 1 aromatic carbocycles. The first-order valence-electron chi connectivity index (χ1n) is 8.01. The number of carbonyl (C=O) groups is 2. The van der Waals surface area contributed by atoms with Crippen molar-refractivity contribution in [2.75, 3.05) is 19.8 Å². The van der Waals surface area contributed by atoms with Crippen LogP contribution >= 0.6 is 23.2 Å². The summed E-state index contributed by atoms with van der Waals surface area (Å²) < 4.78 is 5.31. The largest absolute Gasteiger partial charge is 0.480 e. The van der Waals surface area contributed by atoms with Crippen LogP contribution in [0.25, 0.3) is 0 Å². The van der Waals surface area contributed by atoms with E-state index in [1.54, 1.807) is 6.07 Å². The van der Waals surface area contributed by atoms with Crippen LogP contribution in [0.15, 0.2) is 18.2 Å². The maximum absolute atomic E-state index is 12.8. The second-order valence-electron chi connectivity index (χ2n) is 6.35. The van der Waals surface area contributed by atoms with Crippen LogP contribution in [0.2, 0.25) is 10.0 Å². The monoisotopic (exact) mass is 371 g/mol. The highest BCUT2D eigenvalue weighted by molar-refractivity contribution is 6.34. The molecule has 2 fully saturated rings. The first kappa shape index (κ1) is 17.5. The van der Waals surface area contributed by atoms with Crippen molar-refractivity contribution in [2.45, 2.75) is 31.2 Å². The smallest absolute Gasteiger partial charge is 0.323 e. The van der Waals surface area contributed by atoms with Gasteiger partial charge in [-0.05, 0) is 48.9 Å². The fourth-order valence-corrected chi connectivity index (χ4v) is 3.91. The molecule has 2 aliphatic rings. The fourth-order valence-electron chi connectivity index (χ4n) is 3.37. The van der Waals surface area contributed by atoms with Crippen LogP contribution in [0, 0.1) is 5.92 Å². The van der Waals surface area contributed by atoms with E-state index in [4.69, 9.17) is 33.0 Å². The van der Waals surface area contributed by atoms with Crippen LogP contribution in [0.4, 0.5) is 0 Å². The molecule has 5 nitrogen and oxygen atoms in total. The Bertz CT molecular complexity index is 625. The first-order chi connectivity index (χ1) is 11.5. The lowest BCUT2D eigenvalue weighted by Gasteiger charge is -2.33. The quantitative estimate of drug-likeness (QED) is 0.862. The van der Waals surface area contributed by atoms with Crippen molar-refractivity contribution in [3.8, 4) is 0 Å². The molecule has 1 aromatic rings. The number of carbonyl (C=O) groups excluding carboxylic acids is 1. The van der Waals surface area contributed by atoms with E-state index in [9.17, 15) is 9.59 Å². The van der Waals surface area contributed by atoms with Gasteiger partial charge in [0.1, 0.15) is 6.54 Å². The summed E-state index contributed by atoms with van der Waals surface area (Å²) >= 11 is 12.1. The molecule has 1 aliphatic heterocycles. The van der Waals surface area contributed by atoms with Crippen molar-refractivity contribution in [3.63, 3.8) is 0 Å². The molecule has 1 N–H and O–H groups in total. The molecule has 2 unspecified atom stereocenters. The number of hydrogen-bond donors (Lipinski definition) is 1. The molecule has 130 valence electrons. The van der Waals surface area contributed by atoms with Crippen LogP contribution < -0.4 is 0 Å². The van der Waals surface area contributed by atoms with E-state index in [1.807, 2.05) is 12.1 Å². The zero-order valence-electron chi connectivity index (χ0n) is 13.1. The highest BCUT2D eigenvalue weighted by Crippen LogP contribution is 2.49. The van der Waals surface area contributed by atoms with E-state index in [0.717, 1.165) is 5.56 Å². The Morgan fingerprint density at radius 1 is 1.17 bits per heavy atom. The molecule has 2 atom stereocenters. The van der Waals surface area contributed by atoms with Gasteiger partial charge in [0.25, 0.3) is 0 Å². The van der Waals surface area contributed by atoms with Gasteiger partial charge in [0.2, 0.25) is 5.91 Å². The van der Waals surface area contributed by atoms with E-state index in [1.165, 1.54) is 4.90 Å². The van der Waals surface area contributed by atoms with Gasteiger partial charge in [-0.1, -0.05) is 23.2 Å². The Hall–Kier alpha value is -1.30. The van der Waals surface area contributed by atoms with E-state index in [-0.39, 0.29) is 30.3 Å². The van der Waals surface area contributed by atoms with Crippen molar-refractivity contribution < 1.29 is 19.4 Å². The van der Waals surface area contributed by atoms with Crippen molar-refractivity contribution >= 4 is 35.1 Å². The van der Waals surface area contributed by atoms with Gasteiger partial charge in [-0.3, -0.25) is 9.59 Å². The number of carboxylic acid groups (broad SMARTS) is 1. The van der Waals surface area contributed by atoms with Gasteiger partial charge in [-0.15, -0.1) is 0 Å². The maximum Gasteiger partial charge on any atom is 0.323 e. The third-order valence-electron chi connectivity index (χ3n) is 4.64. The topological polar surface area (TPSA) is 66.8 Å². The minimum Gasteiger partial charge on any atom is -0.480 e. The molecule has 7 heteroatoms. The van der Waals surface area contributed by atoms with Crippen LogP contribution in [0.5, 0.6) is 0 Å². The Labute approximate surface area is 150 Å². The average Bonchev–Trinajstić information content (AvgIpc) is 3.32. The molecule has 1 amide bonds. The first-order valence-corrected chi connectivity index (χ1v) is 8.77. The second kappa shape index (κ2) is 7.30. The number of aliphatic carboxylic acids is 1. The number of carboxylic acids is 1. The number of halogens is 2. The Kier molecular flexibility index (Phi) is 5.33. The normalized spacial score (nSPS) is 23.8. The zero-order valence-corrected chi connectivity index (χ0v) is 14.6. The van der Waals surface area contributed by atoms with Crippen molar-refractivity contribution in [2.24, 2.45) is 5.92 Å². The highest BCUT2D eigenvalue weighted by Gasteiger charge is 2.47. The van der Waals surface area contributed by atoms with Crippen LogP contribution in [-0.2, 0) is 14.3 Å². The maximum atomic E-state index is 12.8. The van der Waals surface area contributed by atoms with Gasteiger partial charge in [-0.2, -0.15) is 0 Å². The molecule has 1 heterocycles. The Morgan fingerprint density at radius 3 is 2.38 bits per heavy atom. The van der Waals surface area contributed by atoms with E-state index < -0.39 is 5.97 Å². The van der Waals surface area contributed by atoms with Crippen LogP contribution in [0.1, 0.15) is 30.7 Å². The molecule has 0 spiro atoms. The average molecular weight is 372 g/mol. The third-order valence-corrected chi connectivity index (χ3v) is 5.08. The molecule has 3 rings (SSSR count). The van der Waals surface area contributed by atoms with Crippen molar-refractivity contribution in [1.82, 2.24) is 4.90 Å². The van der Waals surface area contributed by atoms with Gasteiger partial charge in [0.05, 0.1) is 0 Å². The summed E-state index contributed by atoms with van der Waals surface area (Å²) in [7, 11) is 0. The molecule has 0 bridgehead atoms. The number of nitrogens with zero attached hydrogens (tertiary/aromatic N) is 1. The summed E-state index contributed by atoms with van der Waals surface area (Å²) in [6, 6.07) is 5.24. The van der Waals surface area contributed by atoms with Gasteiger partial charge in [0.15, 0.2) is 0 Å². The molecule has 1 saturated carbocycles. The number of benzene rings is 1. The highest BCUT2D eigenvalue weighted by atomic mass is 35.5. The van der Waals surface area contributed by atoms with E-state index >= 15 is 0 Å². The number of ether oxygens (including phenoxy) is 1. The lowest BCUT2D eigenvalue weighted by Crippen LogP contribution is -2.46. The molecular weight excluding hydrogens is 353 g/mol. The molecule has 24 heavy (non-hydrogen) atoms. The third kappa shape index (κ3) is 4.02. The summed E-state index contributed by atoms with van der Waals surface area (Å²) in [5.74, 6) is -1.21. The van der Waals surface area contributed by atoms with Crippen LogP contribution in [-0.4, -0.2) is 47.7 Å². The van der Waals surface area contributed by atoms with Gasteiger partial charge < -0.3 is 14.7 Å². The number of amides is 1. The minimum atomic E-state index is -0.988. The molecule has 0 aromatic heterocycles. The molecule has 1 saturated heterocycles.